The summed E-state index contributed by atoms with van der Waals surface area (Å²) in [7, 11) is -1.68. The van der Waals surface area contributed by atoms with Crippen molar-refractivity contribution in [2.24, 2.45) is 7.05 Å². The average Bonchev–Trinajstić information content (AvgIpc) is 2.62. The molecule has 1 aromatic rings. The molecule has 0 radical (unpaired) electrons. The van der Waals surface area contributed by atoms with Crippen LogP contribution < -0.4 is 10.5 Å². The van der Waals surface area contributed by atoms with Gasteiger partial charge in [-0.25, -0.2) is 8.42 Å². The topological polar surface area (TPSA) is 90.0 Å². The van der Waals surface area contributed by atoms with Gasteiger partial charge in [-0.1, -0.05) is 19.3 Å². The van der Waals surface area contributed by atoms with Crippen molar-refractivity contribution in [2.45, 2.75) is 37.4 Å². The van der Waals surface area contributed by atoms with Crippen LogP contribution in [0.1, 0.15) is 32.1 Å². The molecule has 0 saturated heterocycles. The minimum Gasteiger partial charge on any atom is -0.394 e. The standard InChI is InChI=1S/C10H18N4O2S/c1-14-10(9(11)7-12-14)13-17(15,16)8-5-3-2-4-6-8/h7-8,13H,2-6,11H2,1H3. The number of anilines is 2. The Morgan fingerprint density at radius 1 is 1.41 bits per heavy atom. The summed E-state index contributed by atoms with van der Waals surface area (Å²) < 4.78 is 28.3. The molecule has 0 spiro atoms. The highest BCUT2D eigenvalue weighted by Gasteiger charge is 2.28. The lowest BCUT2D eigenvalue weighted by Gasteiger charge is -2.22. The van der Waals surface area contributed by atoms with Crippen LogP contribution >= 0.6 is 0 Å². The summed E-state index contributed by atoms with van der Waals surface area (Å²) in [5.41, 5.74) is 6.02. The molecule has 0 unspecified atom stereocenters. The number of nitrogens with two attached hydrogens (primary N) is 1. The van der Waals surface area contributed by atoms with E-state index in [-0.39, 0.29) is 5.25 Å². The molecule has 17 heavy (non-hydrogen) atoms. The number of hydrogen-bond acceptors (Lipinski definition) is 4. The monoisotopic (exact) mass is 258 g/mol. The summed E-state index contributed by atoms with van der Waals surface area (Å²) >= 11 is 0. The van der Waals surface area contributed by atoms with Gasteiger partial charge in [-0.2, -0.15) is 5.10 Å². The van der Waals surface area contributed by atoms with Crippen LogP contribution in [-0.4, -0.2) is 23.4 Å². The van der Waals surface area contributed by atoms with Gasteiger partial charge in [0.2, 0.25) is 10.0 Å². The SMILES string of the molecule is Cn1ncc(N)c1NS(=O)(=O)C1CCCCC1. The number of aryl methyl sites for hydroxylation is 1. The van der Waals surface area contributed by atoms with Crippen molar-refractivity contribution in [3.8, 4) is 0 Å². The predicted molar refractivity (Wildman–Crippen MR) is 67.0 cm³/mol. The first-order valence-corrected chi connectivity index (χ1v) is 7.34. The molecular weight excluding hydrogens is 240 g/mol. The van der Waals surface area contributed by atoms with Crippen LogP contribution in [0.5, 0.6) is 0 Å². The van der Waals surface area contributed by atoms with Crippen LogP contribution in [0, 0.1) is 0 Å². The molecule has 0 aromatic carbocycles. The number of nitrogen functional groups attached to an aromatic ring is 1. The molecule has 0 atom stereocenters. The molecule has 1 heterocycles. The minimum absolute atomic E-state index is 0.300. The van der Waals surface area contributed by atoms with Crippen molar-refractivity contribution < 1.29 is 8.42 Å². The van der Waals surface area contributed by atoms with E-state index in [1.54, 1.807) is 7.05 Å². The first kappa shape index (κ1) is 12.2. The summed E-state index contributed by atoms with van der Waals surface area (Å²) in [6.45, 7) is 0. The Hall–Kier alpha value is -1.24. The molecule has 0 amide bonds. The van der Waals surface area contributed by atoms with E-state index in [2.05, 4.69) is 9.82 Å². The maximum Gasteiger partial charge on any atom is 0.236 e. The van der Waals surface area contributed by atoms with E-state index in [9.17, 15) is 8.42 Å². The van der Waals surface area contributed by atoms with Crippen LogP contribution in [0.15, 0.2) is 6.20 Å². The van der Waals surface area contributed by atoms with Crippen molar-refractivity contribution in [3.63, 3.8) is 0 Å². The van der Waals surface area contributed by atoms with Gasteiger partial charge in [-0.15, -0.1) is 0 Å². The molecule has 1 aliphatic carbocycles. The van der Waals surface area contributed by atoms with Crippen molar-refractivity contribution in [3.05, 3.63) is 6.20 Å². The molecule has 2 rings (SSSR count). The first-order valence-electron chi connectivity index (χ1n) is 5.80. The van der Waals surface area contributed by atoms with Gasteiger partial charge in [-0.05, 0) is 12.8 Å². The Labute approximate surface area is 101 Å². The van der Waals surface area contributed by atoms with E-state index in [1.165, 1.54) is 10.9 Å². The van der Waals surface area contributed by atoms with Gasteiger partial charge in [0.05, 0.1) is 17.1 Å². The van der Waals surface area contributed by atoms with Gasteiger partial charge >= 0.3 is 0 Å². The molecule has 96 valence electrons. The Kier molecular flexibility index (Phi) is 3.28. The fourth-order valence-corrected chi connectivity index (χ4v) is 3.81. The molecule has 1 saturated carbocycles. The highest BCUT2D eigenvalue weighted by atomic mass is 32.2. The highest BCUT2D eigenvalue weighted by Crippen LogP contribution is 2.26. The predicted octanol–water partition coefficient (Wildman–Crippen LogP) is 1.08. The molecule has 0 bridgehead atoms. The number of rotatable bonds is 3. The van der Waals surface area contributed by atoms with Gasteiger partial charge < -0.3 is 5.73 Å². The number of aromatic nitrogens is 2. The number of hydrogen-bond donors (Lipinski definition) is 2. The number of nitrogens with zero attached hydrogens (tertiary/aromatic N) is 2. The summed E-state index contributed by atoms with van der Waals surface area (Å²) in [6, 6.07) is 0. The maximum atomic E-state index is 12.1. The lowest BCUT2D eigenvalue weighted by atomic mass is 10.0. The van der Waals surface area contributed by atoms with Gasteiger partial charge in [0.25, 0.3) is 0 Å². The smallest absolute Gasteiger partial charge is 0.236 e. The van der Waals surface area contributed by atoms with Gasteiger partial charge in [0.1, 0.15) is 0 Å². The second-order valence-electron chi connectivity index (χ2n) is 4.48. The van der Waals surface area contributed by atoms with Crippen molar-refractivity contribution >= 4 is 21.5 Å². The lowest BCUT2D eigenvalue weighted by molar-refractivity contribution is 0.486. The van der Waals surface area contributed by atoms with Crippen LogP contribution in [-0.2, 0) is 17.1 Å². The van der Waals surface area contributed by atoms with Gasteiger partial charge in [0, 0.05) is 7.05 Å². The molecule has 1 aliphatic rings. The Balaban J connectivity index is 2.17. The lowest BCUT2D eigenvalue weighted by Crippen LogP contribution is -2.30. The third-order valence-corrected chi connectivity index (χ3v) is 5.02. The van der Waals surface area contributed by atoms with Crippen molar-refractivity contribution in [1.82, 2.24) is 9.78 Å². The third kappa shape index (κ3) is 2.54. The second-order valence-corrected chi connectivity index (χ2v) is 6.44. The van der Waals surface area contributed by atoms with Crippen LogP contribution in [0.25, 0.3) is 0 Å². The molecule has 1 aromatic heterocycles. The van der Waals surface area contributed by atoms with E-state index in [1.807, 2.05) is 0 Å². The van der Waals surface area contributed by atoms with E-state index >= 15 is 0 Å². The Morgan fingerprint density at radius 2 is 2.06 bits per heavy atom. The molecule has 7 heteroatoms. The first-order chi connectivity index (χ1) is 8.00. The van der Waals surface area contributed by atoms with Crippen LogP contribution in [0.3, 0.4) is 0 Å². The van der Waals surface area contributed by atoms with Crippen molar-refractivity contribution in [2.75, 3.05) is 10.5 Å². The van der Waals surface area contributed by atoms with E-state index in [0.29, 0.717) is 11.5 Å². The largest absolute Gasteiger partial charge is 0.394 e. The summed E-state index contributed by atoms with van der Waals surface area (Å²) in [5, 5.41) is 3.61. The average molecular weight is 258 g/mol. The summed E-state index contributed by atoms with van der Waals surface area (Å²) in [4.78, 5) is 0. The van der Waals surface area contributed by atoms with Crippen LogP contribution in [0.4, 0.5) is 11.5 Å². The van der Waals surface area contributed by atoms with Gasteiger partial charge in [-0.3, -0.25) is 9.40 Å². The second kappa shape index (κ2) is 4.56. The minimum atomic E-state index is -3.34. The molecule has 0 aliphatic heterocycles. The maximum absolute atomic E-state index is 12.1. The quantitative estimate of drug-likeness (QED) is 0.848. The fraction of sp³-hybridized carbons (Fsp3) is 0.700. The van der Waals surface area contributed by atoms with Crippen LogP contribution in [0.2, 0.25) is 0 Å². The van der Waals surface area contributed by atoms with Crippen molar-refractivity contribution in [1.29, 1.82) is 0 Å². The Morgan fingerprint density at radius 3 is 2.59 bits per heavy atom. The third-order valence-electron chi connectivity index (χ3n) is 3.20. The zero-order chi connectivity index (χ0) is 12.5. The summed E-state index contributed by atoms with van der Waals surface area (Å²) in [5.74, 6) is 0.357. The summed E-state index contributed by atoms with van der Waals surface area (Å²) in [6.07, 6.45) is 5.98. The van der Waals surface area contributed by atoms with Gasteiger partial charge in [0.15, 0.2) is 5.82 Å². The zero-order valence-electron chi connectivity index (χ0n) is 9.89. The van der Waals surface area contributed by atoms with E-state index in [4.69, 9.17) is 5.73 Å². The highest BCUT2D eigenvalue weighted by molar-refractivity contribution is 7.93. The molecule has 3 N–H and O–H groups in total. The van der Waals surface area contributed by atoms with E-state index in [0.717, 1.165) is 32.1 Å². The fourth-order valence-electron chi connectivity index (χ4n) is 2.17. The zero-order valence-corrected chi connectivity index (χ0v) is 10.7. The number of nitrogens with one attached hydrogen (secondary N) is 1. The Bertz CT molecular complexity index is 469. The molecule has 6 nitrogen and oxygen atoms in total. The normalized spacial score (nSPS) is 18.2. The molecular formula is C10H18N4O2S. The molecule has 1 fully saturated rings. The van der Waals surface area contributed by atoms with E-state index < -0.39 is 10.0 Å². The number of sulfonamides is 1.